The lowest BCUT2D eigenvalue weighted by Gasteiger charge is -2.04. The molecule has 0 atom stereocenters. The van der Waals surface area contributed by atoms with E-state index in [2.05, 4.69) is 10.3 Å². The van der Waals surface area contributed by atoms with Crippen molar-refractivity contribution < 1.29 is 4.79 Å². The van der Waals surface area contributed by atoms with Crippen molar-refractivity contribution >= 4 is 28.7 Å². The molecule has 100 valence electrons. The van der Waals surface area contributed by atoms with Crippen LogP contribution in [-0.2, 0) is 0 Å². The predicted octanol–water partition coefficient (Wildman–Crippen LogP) is 3.52. The highest BCUT2D eigenvalue weighted by molar-refractivity contribution is 7.13. The van der Waals surface area contributed by atoms with E-state index in [-0.39, 0.29) is 5.78 Å². The van der Waals surface area contributed by atoms with Gasteiger partial charge in [0, 0.05) is 0 Å². The van der Waals surface area contributed by atoms with E-state index in [4.69, 9.17) is 11.6 Å². The molecule has 0 spiro atoms. The first-order valence-electron chi connectivity index (χ1n) is 5.93. The number of carbonyl (C=O) groups excluding carboxylic acids is 1. The molecule has 0 aliphatic rings. The molecule has 0 aliphatic heterocycles. The molecule has 4 nitrogen and oxygen atoms in total. The average Bonchev–Trinajstić information content (AvgIpc) is 3.08. The lowest BCUT2D eigenvalue weighted by atomic mass is 10.2. The van der Waals surface area contributed by atoms with Crippen molar-refractivity contribution in [3.63, 3.8) is 0 Å². The average molecular weight is 304 g/mol. The van der Waals surface area contributed by atoms with Crippen LogP contribution in [0.3, 0.4) is 0 Å². The van der Waals surface area contributed by atoms with E-state index in [1.165, 1.54) is 22.2 Å². The maximum Gasteiger partial charge on any atom is 0.224 e. The molecule has 0 saturated heterocycles. The summed E-state index contributed by atoms with van der Waals surface area (Å²) in [5, 5.41) is 10.2. The largest absolute Gasteiger partial charge is 0.286 e. The first-order valence-corrected chi connectivity index (χ1v) is 7.18. The lowest BCUT2D eigenvalue weighted by molar-refractivity contribution is 0.103. The molecule has 0 saturated carbocycles. The molecule has 2 aromatic heterocycles. The summed E-state index contributed by atoms with van der Waals surface area (Å²) in [7, 11) is 0. The van der Waals surface area contributed by atoms with Gasteiger partial charge < -0.3 is 0 Å². The first kappa shape index (κ1) is 13.0. The molecule has 1 aromatic carbocycles. The van der Waals surface area contributed by atoms with Gasteiger partial charge in [-0.25, -0.2) is 4.68 Å². The van der Waals surface area contributed by atoms with Gasteiger partial charge in [-0.3, -0.25) is 4.79 Å². The third-order valence-electron chi connectivity index (χ3n) is 2.89. The highest BCUT2D eigenvalue weighted by Gasteiger charge is 2.21. The highest BCUT2D eigenvalue weighted by atomic mass is 35.5. The summed E-state index contributed by atoms with van der Waals surface area (Å²) in [5.74, 6) is -0.165. The van der Waals surface area contributed by atoms with Crippen LogP contribution in [0.1, 0.15) is 20.9 Å². The number of hydrogen-bond donors (Lipinski definition) is 0. The van der Waals surface area contributed by atoms with E-state index >= 15 is 0 Å². The zero-order valence-corrected chi connectivity index (χ0v) is 12.1. The topological polar surface area (TPSA) is 47.8 Å². The fourth-order valence-corrected chi connectivity index (χ4v) is 3.08. The number of ketones is 1. The van der Waals surface area contributed by atoms with E-state index in [9.17, 15) is 4.79 Å². The lowest BCUT2D eigenvalue weighted by Crippen LogP contribution is -2.09. The second-order valence-corrected chi connectivity index (χ2v) is 5.52. The van der Waals surface area contributed by atoms with Crippen molar-refractivity contribution in [3.8, 4) is 5.69 Å². The monoisotopic (exact) mass is 303 g/mol. The molecule has 20 heavy (non-hydrogen) atoms. The van der Waals surface area contributed by atoms with Gasteiger partial charge in [-0.1, -0.05) is 35.0 Å². The smallest absolute Gasteiger partial charge is 0.224 e. The molecule has 0 amide bonds. The quantitative estimate of drug-likeness (QED) is 0.696. The van der Waals surface area contributed by atoms with Gasteiger partial charge in [0.15, 0.2) is 0 Å². The minimum atomic E-state index is -0.165. The summed E-state index contributed by atoms with van der Waals surface area (Å²) in [5.41, 5.74) is 2.09. The van der Waals surface area contributed by atoms with Crippen LogP contribution in [0.2, 0.25) is 5.02 Å². The zero-order valence-electron chi connectivity index (χ0n) is 10.6. The van der Waals surface area contributed by atoms with Gasteiger partial charge in [0.1, 0.15) is 5.69 Å². The Morgan fingerprint density at radius 3 is 2.70 bits per heavy atom. The third-order valence-corrected chi connectivity index (χ3v) is 4.58. The van der Waals surface area contributed by atoms with Crippen LogP contribution in [-0.4, -0.2) is 20.8 Å². The number of rotatable bonds is 3. The number of benzene rings is 1. The Kier molecular flexibility index (Phi) is 3.38. The van der Waals surface area contributed by atoms with E-state index in [0.717, 1.165) is 11.3 Å². The number of aromatic nitrogens is 3. The van der Waals surface area contributed by atoms with Crippen molar-refractivity contribution in [2.24, 2.45) is 0 Å². The van der Waals surface area contributed by atoms with Crippen LogP contribution in [0, 0.1) is 6.92 Å². The summed E-state index contributed by atoms with van der Waals surface area (Å²) in [4.78, 5) is 13.1. The number of hydrogen-bond acceptors (Lipinski definition) is 4. The van der Waals surface area contributed by atoms with Gasteiger partial charge in [-0.15, -0.1) is 16.4 Å². The number of halogens is 1. The normalized spacial score (nSPS) is 10.7. The molecule has 3 rings (SSSR count). The fourth-order valence-electron chi connectivity index (χ4n) is 1.85. The Morgan fingerprint density at radius 2 is 2.05 bits per heavy atom. The van der Waals surface area contributed by atoms with Crippen LogP contribution in [0.15, 0.2) is 41.9 Å². The van der Waals surface area contributed by atoms with Crippen LogP contribution >= 0.6 is 22.9 Å². The van der Waals surface area contributed by atoms with Crippen LogP contribution in [0.5, 0.6) is 0 Å². The summed E-state index contributed by atoms with van der Waals surface area (Å²) < 4.78 is 1.52. The Balaban J connectivity index is 2.06. The van der Waals surface area contributed by atoms with Crippen molar-refractivity contribution in [2.75, 3.05) is 0 Å². The van der Waals surface area contributed by atoms with E-state index in [1.54, 1.807) is 0 Å². The van der Waals surface area contributed by atoms with Crippen LogP contribution in [0.25, 0.3) is 5.69 Å². The van der Waals surface area contributed by atoms with Crippen molar-refractivity contribution in [2.45, 2.75) is 6.92 Å². The molecule has 0 N–H and O–H groups in total. The SMILES string of the molecule is Cc1csc(C(=O)c2cnnn2-c2ccccc2)c1Cl. The Morgan fingerprint density at radius 1 is 1.30 bits per heavy atom. The number of nitrogens with zero attached hydrogens (tertiary/aromatic N) is 3. The molecular weight excluding hydrogens is 294 g/mol. The van der Waals surface area contributed by atoms with Gasteiger partial charge in [-0.2, -0.15) is 0 Å². The summed E-state index contributed by atoms with van der Waals surface area (Å²) in [6, 6.07) is 9.40. The summed E-state index contributed by atoms with van der Waals surface area (Å²) in [6.45, 7) is 1.88. The minimum absolute atomic E-state index is 0.165. The molecule has 3 aromatic rings. The molecule has 2 heterocycles. The predicted molar refractivity (Wildman–Crippen MR) is 78.9 cm³/mol. The van der Waals surface area contributed by atoms with Gasteiger partial charge in [0.2, 0.25) is 5.78 Å². The Hall–Kier alpha value is -1.98. The Bertz CT molecular complexity index is 764. The number of para-hydroxylation sites is 1. The summed E-state index contributed by atoms with van der Waals surface area (Å²) >= 11 is 7.49. The van der Waals surface area contributed by atoms with E-state index < -0.39 is 0 Å². The molecule has 6 heteroatoms. The molecule has 0 fully saturated rings. The molecule has 0 unspecified atom stereocenters. The maximum atomic E-state index is 12.6. The van der Waals surface area contributed by atoms with Crippen molar-refractivity contribution in [3.05, 3.63) is 63.1 Å². The van der Waals surface area contributed by atoms with Crippen molar-refractivity contribution in [1.82, 2.24) is 15.0 Å². The number of thiophene rings is 1. The molecule has 0 radical (unpaired) electrons. The van der Waals surface area contributed by atoms with Crippen LogP contribution < -0.4 is 0 Å². The summed E-state index contributed by atoms with van der Waals surface area (Å²) in [6.07, 6.45) is 1.46. The van der Waals surface area contributed by atoms with Gasteiger partial charge >= 0.3 is 0 Å². The number of carbonyl (C=O) groups is 1. The first-order chi connectivity index (χ1) is 9.68. The molecule has 0 aliphatic carbocycles. The van der Waals surface area contributed by atoms with E-state index in [1.807, 2.05) is 42.6 Å². The highest BCUT2D eigenvalue weighted by Crippen LogP contribution is 2.29. The Labute approximate surface area is 124 Å². The maximum absolute atomic E-state index is 12.6. The minimum Gasteiger partial charge on any atom is -0.286 e. The van der Waals surface area contributed by atoms with Gasteiger partial charge in [0.25, 0.3) is 0 Å². The fraction of sp³-hybridized carbons (Fsp3) is 0.0714. The van der Waals surface area contributed by atoms with E-state index in [0.29, 0.717) is 15.6 Å². The number of aryl methyl sites for hydroxylation is 1. The van der Waals surface area contributed by atoms with Crippen LogP contribution in [0.4, 0.5) is 0 Å². The standard InChI is InChI=1S/C14H10ClN3OS/c1-9-8-20-14(12(9)15)13(19)11-7-16-17-18(11)10-5-3-2-4-6-10/h2-8H,1H3. The second kappa shape index (κ2) is 5.19. The molecule has 0 bridgehead atoms. The second-order valence-electron chi connectivity index (χ2n) is 4.26. The van der Waals surface area contributed by atoms with Gasteiger partial charge in [-0.05, 0) is 30.0 Å². The zero-order chi connectivity index (χ0) is 14.1. The molecular formula is C14H10ClN3OS. The third kappa shape index (κ3) is 2.15. The van der Waals surface area contributed by atoms with Gasteiger partial charge in [0.05, 0.1) is 21.8 Å². The van der Waals surface area contributed by atoms with Crippen molar-refractivity contribution in [1.29, 1.82) is 0 Å².